The molecule has 1 aliphatic rings. The van der Waals surface area contributed by atoms with Crippen LogP contribution in [0.25, 0.3) is 61.3 Å². The second-order valence-corrected chi connectivity index (χ2v) is 14.9. The smallest absolute Gasteiger partial charge is 0.506 e. The molecule has 0 unspecified atom stereocenters. The van der Waals surface area contributed by atoms with E-state index < -0.39 is 7.25 Å². The van der Waals surface area contributed by atoms with E-state index in [1.54, 1.807) is 6.20 Å². The minimum atomic E-state index is -0.884. The Morgan fingerprint density at radius 1 is 0.614 bits per heavy atom. The molecule has 0 saturated carbocycles. The van der Waals surface area contributed by atoms with Gasteiger partial charge in [-0.25, -0.2) is 4.98 Å². The van der Waals surface area contributed by atoms with Crippen molar-refractivity contribution in [1.29, 1.82) is 0 Å². The Hall–Kier alpha value is -6.37. The minimum absolute atomic E-state index is 0. The number of aromatic nitrogens is 4. The van der Waals surface area contributed by atoms with Crippen LogP contribution in [0.1, 0.15) is 26.3 Å². The number of para-hydroxylation sites is 3. The van der Waals surface area contributed by atoms with Crippen molar-refractivity contribution in [1.82, 2.24) is 19.0 Å². The Labute approximate surface area is 346 Å². The van der Waals surface area contributed by atoms with Gasteiger partial charge in [0.25, 0.3) is 0 Å². The van der Waals surface area contributed by atoms with E-state index in [9.17, 15) is 0 Å². The van der Waals surface area contributed by atoms with Crippen LogP contribution in [0.3, 0.4) is 0 Å². The van der Waals surface area contributed by atoms with Crippen molar-refractivity contribution < 1.29 is 35.1 Å². The van der Waals surface area contributed by atoms with Crippen LogP contribution in [0.2, 0.25) is 0 Å². The van der Waals surface area contributed by atoms with Crippen molar-refractivity contribution in [3.63, 3.8) is 0 Å². The van der Waals surface area contributed by atoms with Crippen molar-refractivity contribution in [3.05, 3.63) is 176 Å². The summed E-state index contributed by atoms with van der Waals surface area (Å²) in [5.74, 6) is 3.91. The number of nitrogens with zero attached hydrogens (tertiary/aromatic N) is 4. The Morgan fingerprint density at radius 2 is 1.26 bits per heavy atom. The average Bonchev–Trinajstić information content (AvgIpc) is 3.85. The molecule has 0 bridgehead atoms. The quantitative estimate of drug-likeness (QED) is 0.127. The predicted molar refractivity (Wildman–Crippen MR) is 222 cm³/mol. The van der Waals surface area contributed by atoms with E-state index in [-0.39, 0.29) is 26.5 Å². The van der Waals surface area contributed by atoms with E-state index in [0.29, 0.717) is 34.4 Å². The van der Waals surface area contributed by atoms with Gasteiger partial charge in [-0.05, 0) is 57.8 Å². The number of hydrogen-bond acceptors (Lipinski definition) is 5. The molecule has 0 aliphatic carbocycles. The van der Waals surface area contributed by atoms with Crippen LogP contribution in [-0.2, 0) is 26.5 Å². The van der Waals surface area contributed by atoms with E-state index in [2.05, 4.69) is 104 Å². The fourth-order valence-corrected chi connectivity index (χ4v) is 7.52. The first-order valence-corrected chi connectivity index (χ1v) is 18.7. The van der Waals surface area contributed by atoms with Gasteiger partial charge in [0.05, 0.1) is 0 Å². The number of rotatable bonds is 5. The summed E-state index contributed by atoms with van der Waals surface area (Å²) in [6.45, 7) is 6.64. The van der Waals surface area contributed by atoms with Crippen LogP contribution in [0.5, 0.6) is 23.0 Å². The van der Waals surface area contributed by atoms with E-state index in [1.807, 2.05) is 89.7 Å². The van der Waals surface area contributed by atoms with Crippen LogP contribution in [0.4, 0.5) is 0 Å². The molecule has 9 heteroatoms. The maximum absolute atomic E-state index is 6.75. The number of imidazole rings is 1. The molecular weight excluding hydrogens is 886 g/mol. The fourth-order valence-electron chi connectivity index (χ4n) is 7.52. The second-order valence-electron chi connectivity index (χ2n) is 14.9. The van der Waals surface area contributed by atoms with Gasteiger partial charge in [-0.2, -0.15) is 6.07 Å². The van der Waals surface area contributed by atoms with E-state index in [1.165, 1.54) is 5.56 Å². The molecule has 57 heavy (non-hydrogen) atoms. The number of ether oxygens (including phenoxy) is 1. The van der Waals surface area contributed by atoms with Gasteiger partial charge >= 0.3 is 28.3 Å². The first-order chi connectivity index (χ1) is 27.4. The normalized spacial score (nSPS) is 12.2. The van der Waals surface area contributed by atoms with Gasteiger partial charge in [-0.3, -0.25) is 4.98 Å². The topological polar surface area (TPSA) is 63.3 Å². The molecule has 9 aromatic rings. The van der Waals surface area contributed by atoms with Crippen LogP contribution >= 0.6 is 0 Å². The third kappa shape index (κ3) is 6.60. The van der Waals surface area contributed by atoms with Crippen molar-refractivity contribution in [2.24, 2.45) is 0 Å². The SMILES string of the molecule is CC(C)(C)c1ccnc(-n2c3[c-]c(Oc4[c-]c(-c5nccn5B5Oc6ccccc6-c6ccccc6-c6ccccc6O5)ccc4)ccc3c3ccccc32)c1.[Pt+2]. The van der Waals surface area contributed by atoms with E-state index in [4.69, 9.17) is 24.0 Å². The zero-order valence-electron chi connectivity index (χ0n) is 31.4. The van der Waals surface area contributed by atoms with Crippen LogP contribution in [0.15, 0.2) is 158 Å². The van der Waals surface area contributed by atoms with Gasteiger partial charge in [0.1, 0.15) is 17.3 Å². The maximum atomic E-state index is 6.75. The summed E-state index contributed by atoms with van der Waals surface area (Å²) in [5, 5.41) is 2.19. The third-order valence-electron chi connectivity index (χ3n) is 10.3. The maximum Gasteiger partial charge on any atom is 2.00 e. The standard InChI is InChI=1S/C48H35BN4O3.Pt/c1-48(2,3)33-25-26-50-46(30-33)53-42-20-9-6-17-38(42)39-24-23-35(31-43(39)53)54-34-14-12-13-32(29-34)47-51-27-28-52(47)49-55-44-21-10-7-18-40(44)36-15-4-5-16-37(36)41-19-8-11-22-45(41)56-49;/h4-28,30H,1-3H3;/q-2;+2. The van der Waals surface area contributed by atoms with Gasteiger partial charge in [0, 0.05) is 52.6 Å². The summed E-state index contributed by atoms with van der Waals surface area (Å²) < 4.78 is 24.0. The molecule has 10 rings (SSSR count). The summed E-state index contributed by atoms with van der Waals surface area (Å²) in [6, 6.07) is 53.9. The van der Waals surface area contributed by atoms with E-state index >= 15 is 0 Å². The Bertz CT molecular complexity index is 2860. The summed E-state index contributed by atoms with van der Waals surface area (Å²) in [6.07, 6.45) is 5.48. The molecule has 3 aromatic heterocycles. The van der Waals surface area contributed by atoms with E-state index in [0.717, 1.165) is 49.9 Å². The molecule has 0 saturated heterocycles. The van der Waals surface area contributed by atoms with Gasteiger partial charge < -0.3 is 23.1 Å². The number of pyridine rings is 1. The zero-order chi connectivity index (χ0) is 37.8. The molecule has 0 N–H and O–H groups in total. The molecule has 0 fully saturated rings. The van der Waals surface area contributed by atoms with Gasteiger partial charge in [-0.15, -0.1) is 41.3 Å². The molecule has 0 atom stereocenters. The molecule has 0 radical (unpaired) electrons. The second kappa shape index (κ2) is 14.6. The fraction of sp³-hybridized carbons (Fsp3) is 0.0833. The molecule has 0 spiro atoms. The predicted octanol–water partition coefficient (Wildman–Crippen LogP) is 11.4. The zero-order valence-corrected chi connectivity index (χ0v) is 33.7. The first-order valence-electron chi connectivity index (χ1n) is 18.7. The Balaban J connectivity index is 0.00000422. The molecular formula is C48H35BN4O3Pt. The average molecular weight is 922 g/mol. The molecule has 0 amide bonds. The van der Waals surface area contributed by atoms with Crippen LogP contribution < -0.4 is 14.0 Å². The summed E-state index contributed by atoms with van der Waals surface area (Å²) in [4.78, 5) is 9.59. The minimum Gasteiger partial charge on any atom is -0.506 e. The largest absolute Gasteiger partial charge is 2.00 e. The van der Waals surface area contributed by atoms with Gasteiger partial charge in [0.15, 0.2) is 0 Å². The number of fused-ring (bicyclic) bond motifs is 8. The van der Waals surface area contributed by atoms with Gasteiger partial charge in [0.2, 0.25) is 0 Å². The summed E-state index contributed by atoms with van der Waals surface area (Å²) >= 11 is 0. The van der Waals surface area contributed by atoms with Crippen molar-refractivity contribution in [2.75, 3.05) is 0 Å². The van der Waals surface area contributed by atoms with Crippen molar-refractivity contribution in [2.45, 2.75) is 26.2 Å². The monoisotopic (exact) mass is 921 g/mol. The molecule has 4 heterocycles. The summed E-state index contributed by atoms with van der Waals surface area (Å²) in [7, 11) is -0.884. The number of hydrogen-bond donors (Lipinski definition) is 0. The van der Waals surface area contributed by atoms with Crippen LogP contribution in [0, 0.1) is 12.1 Å². The molecule has 278 valence electrons. The molecule has 7 nitrogen and oxygen atoms in total. The number of benzene rings is 6. The Morgan fingerprint density at radius 3 is 1.98 bits per heavy atom. The third-order valence-corrected chi connectivity index (χ3v) is 10.3. The molecule has 6 aromatic carbocycles. The van der Waals surface area contributed by atoms with Gasteiger partial charge in [-0.1, -0.05) is 111 Å². The Kier molecular flexibility index (Phi) is 9.30. The molecule has 1 aliphatic heterocycles. The first kappa shape index (κ1) is 36.3. The van der Waals surface area contributed by atoms with Crippen molar-refractivity contribution >= 4 is 29.1 Å². The summed E-state index contributed by atoms with van der Waals surface area (Å²) in [5.41, 5.74) is 7.90. The van der Waals surface area contributed by atoms with Crippen LogP contribution in [-0.4, -0.2) is 26.3 Å². The van der Waals surface area contributed by atoms with Crippen molar-refractivity contribution in [3.8, 4) is 62.5 Å².